The van der Waals surface area contributed by atoms with Crippen LogP contribution in [-0.4, -0.2) is 29.4 Å². The number of rotatable bonds is 6. The van der Waals surface area contributed by atoms with E-state index in [0.717, 1.165) is 6.54 Å². The molecule has 21 heavy (non-hydrogen) atoms. The molecule has 1 fully saturated rings. The highest BCUT2D eigenvalue weighted by molar-refractivity contribution is 5.95. The Balaban J connectivity index is 2.04. The van der Waals surface area contributed by atoms with Gasteiger partial charge in [-0.25, -0.2) is 4.39 Å². The number of nitrogens with two attached hydrogens (primary N) is 1. The Morgan fingerprint density at radius 2 is 2.10 bits per heavy atom. The highest BCUT2D eigenvalue weighted by Gasteiger charge is 2.30. The summed E-state index contributed by atoms with van der Waals surface area (Å²) < 4.78 is 13.7. The Hall–Kier alpha value is -1.62. The summed E-state index contributed by atoms with van der Waals surface area (Å²) in [4.78, 5) is 14.5. The fraction of sp³-hybridized carbons (Fsp3) is 0.562. The van der Waals surface area contributed by atoms with Gasteiger partial charge < -0.3 is 11.1 Å². The lowest BCUT2D eigenvalue weighted by Crippen LogP contribution is -2.46. The molecule has 1 aromatic rings. The van der Waals surface area contributed by atoms with Gasteiger partial charge >= 0.3 is 0 Å². The van der Waals surface area contributed by atoms with Crippen molar-refractivity contribution in [1.29, 1.82) is 0 Å². The maximum Gasteiger partial charge on any atom is 0.241 e. The van der Waals surface area contributed by atoms with Crippen molar-refractivity contribution >= 4 is 17.3 Å². The number of halogens is 1. The second-order valence-electron chi connectivity index (χ2n) is 6.14. The molecule has 0 bridgehead atoms. The summed E-state index contributed by atoms with van der Waals surface area (Å²) in [5, 5.41) is 2.64. The fourth-order valence-corrected chi connectivity index (χ4v) is 2.44. The van der Waals surface area contributed by atoms with Gasteiger partial charge in [0.15, 0.2) is 0 Å². The van der Waals surface area contributed by atoms with Gasteiger partial charge in [0, 0.05) is 18.3 Å². The van der Waals surface area contributed by atoms with Crippen LogP contribution in [0.2, 0.25) is 0 Å². The van der Waals surface area contributed by atoms with Crippen molar-refractivity contribution < 1.29 is 9.18 Å². The molecule has 1 saturated carbocycles. The van der Waals surface area contributed by atoms with Crippen molar-refractivity contribution in [3.8, 4) is 0 Å². The van der Waals surface area contributed by atoms with Crippen LogP contribution in [0.15, 0.2) is 18.2 Å². The molecule has 0 radical (unpaired) electrons. The minimum Gasteiger partial charge on any atom is -0.399 e. The lowest BCUT2D eigenvalue weighted by Gasteiger charge is -2.32. The van der Waals surface area contributed by atoms with E-state index in [0.29, 0.717) is 11.6 Å². The van der Waals surface area contributed by atoms with Crippen molar-refractivity contribution in [3.63, 3.8) is 0 Å². The molecule has 1 aliphatic carbocycles. The standard InChI is InChI=1S/C16H24FN3O/c1-10(2)20(9-12-4-5-12)11(3)16(21)19-15-8-13(18)6-7-14(15)17/h6-8,10-12H,4-5,9,18H2,1-3H3,(H,19,21). The van der Waals surface area contributed by atoms with Crippen LogP contribution < -0.4 is 11.1 Å². The van der Waals surface area contributed by atoms with Gasteiger partial charge in [0.05, 0.1) is 11.7 Å². The summed E-state index contributed by atoms with van der Waals surface area (Å²) >= 11 is 0. The van der Waals surface area contributed by atoms with E-state index in [2.05, 4.69) is 24.1 Å². The van der Waals surface area contributed by atoms with Gasteiger partial charge in [0.1, 0.15) is 5.82 Å². The topological polar surface area (TPSA) is 58.4 Å². The molecule has 1 aliphatic rings. The van der Waals surface area contributed by atoms with Gasteiger partial charge in [-0.3, -0.25) is 9.69 Å². The summed E-state index contributed by atoms with van der Waals surface area (Å²) in [6, 6.07) is 4.16. The Labute approximate surface area is 125 Å². The summed E-state index contributed by atoms with van der Waals surface area (Å²) in [5.41, 5.74) is 6.20. The smallest absolute Gasteiger partial charge is 0.241 e. The number of carbonyl (C=O) groups is 1. The minimum atomic E-state index is -0.469. The third-order valence-electron chi connectivity index (χ3n) is 3.95. The zero-order chi connectivity index (χ0) is 15.6. The molecule has 0 spiro atoms. The first kappa shape index (κ1) is 15.8. The van der Waals surface area contributed by atoms with Gasteiger partial charge in [0.25, 0.3) is 0 Å². The van der Waals surface area contributed by atoms with Crippen LogP contribution in [0.25, 0.3) is 0 Å². The SMILES string of the molecule is CC(C)N(CC1CC1)C(C)C(=O)Nc1cc(N)ccc1F. The first-order chi connectivity index (χ1) is 9.88. The molecule has 2 rings (SSSR count). The van der Waals surface area contributed by atoms with Crippen LogP contribution in [0.3, 0.4) is 0 Å². The Morgan fingerprint density at radius 1 is 1.43 bits per heavy atom. The van der Waals surface area contributed by atoms with E-state index in [1.54, 1.807) is 0 Å². The number of nitrogens with one attached hydrogen (secondary N) is 1. The van der Waals surface area contributed by atoms with Gasteiger partial charge in [-0.05, 0) is 57.7 Å². The normalized spacial score (nSPS) is 16.3. The van der Waals surface area contributed by atoms with Crippen LogP contribution in [0.5, 0.6) is 0 Å². The molecular weight excluding hydrogens is 269 g/mol. The third-order valence-corrected chi connectivity index (χ3v) is 3.95. The quantitative estimate of drug-likeness (QED) is 0.793. The number of anilines is 2. The fourth-order valence-electron chi connectivity index (χ4n) is 2.44. The van der Waals surface area contributed by atoms with Crippen LogP contribution in [-0.2, 0) is 4.79 Å². The Bertz CT molecular complexity index is 514. The van der Waals surface area contributed by atoms with Gasteiger partial charge in [-0.1, -0.05) is 0 Å². The molecule has 3 N–H and O–H groups in total. The van der Waals surface area contributed by atoms with Crippen molar-refractivity contribution in [2.75, 3.05) is 17.6 Å². The number of nitrogen functional groups attached to an aromatic ring is 1. The number of nitrogens with zero attached hydrogens (tertiary/aromatic N) is 1. The summed E-state index contributed by atoms with van der Waals surface area (Å²) in [5.74, 6) is 0.0312. The number of carbonyl (C=O) groups excluding carboxylic acids is 1. The predicted octanol–water partition coefficient (Wildman–Crippen LogP) is 2.86. The van der Waals surface area contributed by atoms with Crippen molar-refractivity contribution in [3.05, 3.63) is 24.0 Å². The molecule has 0 aliphatic heterocycles. The first-order valence-corrected chi connectivity index (χ1v) is 7.50. The zero-order valence-corrected chi connectivity index (χ0v) is 12.9. The maximum absolute atomic E-state index is 13.7. The summed E-state index contributed by atoms with van der Waals surface area (Å²) in [7, 11) is 0. The average molecular weight is 293 g/mol. The molecule has 5 heteroatoms. The second kappa shape index (κ2) is 6.43. The largest absolute Gasteiger partial charge is 0.399 e. The molecule has 0 aromatic heterocycles. The Kier molecular flexibility index (Phi) is 4.83. The van der Waals surface area contributed by atoms with E-state index in [1.165, 1.54) is 31.0 Å². The molecule has 0 heterocycles. The number of hydrogen-bond acceptors (Lipinski definition) is 3. The molecule has 1 unspecified atom stereocenters. The van der Waals surface area contributed by atoms with E-state index in [4.69, 9.17) is 5.73 Å². The van der Waals surface area contributed by atoms with Crippen molar-refractivity contribution in [2.24, 2.45) is 5.92 Å². The minimum absolute atomic E-state index is 0.141. The maximum atomic E-state index is 13.7. The highest BCUT2D eigenvalue weighted by atomic mass is 19.1. The summed E-state index contributed by atoms with van der Waals surface area (Å²) in [6.07, 6.45) is 2.48. The molecule has 0 saturated heterocycles. The lowest BCUT2D eigenvalue weighted by molar-refractivity contribution is -0.121. The van der Waals surface area contributed by atoms with Crippen LogP contribution in [0.4, 0.5) is 15.8 Å². The van der Waals surface area contributed by atoms with Crippen LogP contribution in [0.1, 0.15) is 33.6 Å². The molecular formula is C16H24FN3O. The molecule has 116 valence electrons. The molecule has 4 nitrogen and oxygen atoms in total. The van der Waals surface area contributed by atoms with E-state index in [1.807, 2.05) is 6.92 Å². The highest BCUT2D eigenvalue weighted by Crippen LogP contribution is 2.31. The van der Waals surface area contributed by atoms with Gasteiger partial charge in [0.2, 0.25) is 5.91 Å². The van der Waals surface area contributed by atoms with Crippen LogP contribution in [0, 0.1) is 11.7 Å². The number of hydrogen-bond donors (Lipinski definition) is 2. The van der Waals surface area contributed by atoms with Crippen molar-refractivity contribution in [1.82, 2.24) is 4.90 Å². The zero-order valence-electron chi connectivity index (χ0n) is 12.9. The first-order valence-electron chi connectivity index (χ1n) is 7.50. The Morgan fingerprint density at radius 3 is 2.67 bits per heavy atom. The van der Waals surface area contributed by atoms with E-state index >= 15 is 0 Å². The van der Waals surface area contributed by atoms with Gasteiger partial charge in [-0.15, -0.1) is 0 Å². The van der Waals surface area contributed by atoms with E-state index in [-0.39, 0.29) is 23.7 Å². The van der Waals surface area contributed by atoms with Gasteiger partial charge in [-0.2, -0.15) is 0 Å². The van der Waals surface area contributed by atoms with E-state index in [9.17, 15) is 9.18 Å². The molecule has 1 atom stereocenters. The monoisotopic (exact) mass is 293 g/mol. The summed E-state index contributed by atoms with van der Waals surface area (Å²) in [6.45, 7) is 6.94. The molecule has 1 amide bonds. The van der Waals surface area contributed by atoms with Crippen LogP contribution >= 0.6 is 0 Å². The lowest BCUT2D eigenvalue weighted by atomic mass is 10.1. The average Bonchev–Trinajstić information content (AvgIpc) is 3.23. The third kappa shape index (κ3) is 4.17. The number of amides is 1. The number of benzene rings is 1. The second-order valence-corrected chi connectivity index (χ2v) is 6.14. The molecule has 1 aromatic carbocycles. The van der Waals surface area contributed by atoms with E-state index < -0.39 is 5.82 Å². The predicted molar refractivity (Wildman–Crippen MR) is 83.5 cm³/mol. The van der Waals surface area contributed by atoms with Crippen molar-refractivity contribution in [2.45, 2.75) is 45.7 Å².